The molecule has 126 valence electrons. The predicted molar refractivity (Wildman–Crippen MR) is 80.9 cm³/mol. The number of rotatable bonds is 1. The van der Waals surface area contributed by atoms with Crippen molar-refractivity contribution >= 4 is 19.1 Å². The normalized spacial score (nSPS) is 38.8. The maximum atomic E-state index is 12.1. The first-order chi connectivity index (χ1) is 11.4. The summed E-state index contributed by atoms with van der Waals surface area (Å²) in [6.45, 7) is 3.31. The molecule has 24 heavy (non-hydrogen) atoms. The number of hydrogen-bond donors (Lipinski definition) is 1. The van der Waals surface area contributed by atoms with Gasteiger partial charge >= 0.3 is 7.60 Å². The van der Waals surface area contributed by atoms with Crippen LogP contribution in [0.2, 0.25) is 0 Å². The highest BCUT2D eigenvalue weighted by Crippen LogP contribution is 2.56. The quantitative estimate of drug-likeness (QED) is 0.736. The number of hydrogen-bond acceptors (Lipinski definition) is 9. The van der Waals surface area contributed by atoms with E-state index in [9.17, 15) is 9.83 Å². The fraction of sp³-hybridized carbons (Fsp3) is 0.538. The Balaban J connectivity index is 1.84. The van der Waals surface area contributed by atoms with E-state index in [2.05, 4.69) is 21.1 Å². The van der Waals surface area contributed by atoms with E-state index in [0.717, 1.165) is 0 Å². The average molecular weight is 350 g/mol. The number of nitrogens with two attached hydrogens (primary N) is 1. The molecule has 0 spiro atoms. The largest absolute Gasteiger partial charge is 0.381 e. The van der Waals surface area contributed by atoms with Gasteiger partial charge in [0.1, 0.15) is 30.3 Å². The monoisotopic (exact) mass is 350 g/mol. The van der Waals surface area contributed by atoms with E-state index in [4.69, 9.17) is 19.5 Å². The first kappa shape index (κ1) is 15.5. The lowest BCUT2D eigenvalue weighted by Gasteiger charge is -2.30. The number of nitrogens with zero attached hydrogens (tertiary/aromatic N) is 5. The Kier molecular flexibility index (Phi) is 3.21. The van der Waals surface area contributed by atoms with Crippen molar-refractivity contribution in [3.8, 4) is 6.07 Å². The van der Waals surface area contributed by atoms with Gasteiger partial charge in [-0.1, -0.05) is 6.92 Å². The maximum Gasteiger partial charge on any atom is 0.328 e. The summed E-state index contributed by atoms with van der Waals surface area (Å²) in [6, 6.07) is 2.22. The zero-order chi connectivity index (χ0) is 17.1. The van der Waals surface area contributed by atoms with Crippen LogP contribution in [0.15, 0.2) is 12.5 Å². The smallest absolute Gasteiger partial charge is 0.328 e. The van der Waals surface area contributed by atoms with Crippen molar-refractivity contribution in [2.24, 2.45) is 5.92 Å². The summed E-state index contributed by atoms with van der Waals surface area (Å²) in [7, 11) is -3.15. The summed E-state index contributed by atoms with van der Waals surface area (Å²) in [4.78, 5) is 8.08. The molecule has 2 saturated heterocycles. The van der Waals surface area contributed by atoms with Crippen LogP contribution in [-0.4, -0.2) is 45.1 Å². The first-order valence-electron chi connectivity index (χ1n) is 7.32. The minimum atomic E-state index is -3.15. The van der Waals surface area contributed by atoms with E-state index in [0.29, 0.717) is 11.3 Å². The fourth-order valence-electron chi connectivity index (χ4n) is 3.28. The minimum absolute atomic E-state index is 0.0973. The summed E-state index contributed by atoms with van der Waals surface area (Å²) < 4.78 is 30.4. The Morgan fingerprint density at radius 2 is 2.33 bits per heavy atom. The van der Waals surface area contributed by atoms with Gasteiger partial charge in [0.15, 0.2) is 11.5 Å². The van der Waals surface area contributed by atoms with E-state index in [-0.39, 0.29) is 12.4 Å². The number of fused-ring (bicyclic) bond motifs is 2. The average Bonchev–Trinajstić information content (AvgIpc) is 3.09. The van der Waals surface area contributed by atoms with Crippen LogP contribution in [-0.2, 0) is 24.0 Å². The van der Waals surface area contributed by atoms with Crippen LogP contribution < -0.4 is 5.73 Å². The van der Waals surface area contributed by atoms with Crippen LogP contribution in [0, 0.1) is 17.2 Å². The molecule has 2 N–H and O–H groups in total. The summed E-state index contributed by atoms with van der Waals surface area (Å²) >= 11 is 0. The topological polar surface area (TPSA) is 138 Å². The van der Waals surface area contributed by atoms with Gasteiger partial charge in [-0.15, -0.1) is 0 Å². The summed E-state index contributed by atoms with van der Waals surface area (Å²) in [5, 5.41) is 14.0. The van der Waals surface area contributed by atoms with Crippen LogP contribution >= 0.6 is 7.60 Å². The second kappa shape index (κ2) is 4.97. The highest BCUT2D eigenvalue weighted by Gasteiger charge is 2.59. The van der Waals surface area contributed by atoms with Crippen LogP contribution in [0.3, 0.4) is 0 Å². The van der Waals surface area contributed by atoms with E-state index < -0.39 is 31.3 Å². The summed E-state index contributed by atoms with van der Waals surface area (Å²) in [5.41, 5.74) is 5.19. The van der Waals surface area contributed by atoms with Gasteiger partial charge < -0.3 is 19.5 Å². The predicted octanol–water partition coefficient (Wildman–Crippen LogP) is 0.699. The molecule has 0 bridgehead atoms. The van der Waals surface area contributed by atoms with Crippen LogP contribution in [0.4, 0.5) is 5.82 Å². The van der Waals surface area contributed by atoms with Crippen molar-refractivity contribution in [1.29, 1.82) is 5.26 Å². The number of imidazole rings is 1. The molecule has 2 aromatic rings. The SMILES string of the molecule is CC1C2OP(C)(=O)OCC2OC1(C#N)c1cnc2c(N)ncnn12. The van der Waals surface area contributed by atoms with Gasteiger partial charge in [-0.2, -0.15) is 10.4 Å². The van der Waals surface area contributed by atoms with Crippen molar-refractivity contribution in [2.75, 3.05) is 19.0 Å². The maximum absolute atomic E-state index is 12.1. The standard InChI is InChI=1S/C13H15N6O4P/c1-7-10-8(4-21-24(2,20)23-10)22-13(7,5-14)9-3-16-12-11(15)17-6-18-19(9)12/h3,6-8,10H,4H2,1-2H3,(H2,15,17,18). The van der Waals surface area contributed by atoms with E-state index >= 15 is 0 Å². The van der Waals surface area contributed by atoms with Gasteiger partial charge in [0, 0.05) is 12.6 Å². The highest BCUT2D eigenvalue weighted by molar-refractivity contribution is 7.53. The summed E-state index contributed by atoms with van der Waals surface area (Å²) in [6.07, 6.45) is 1.74. The molecule has 0 amide bonds. The number of nitriles is 1. The second-order valence-electron chi connectivity index (χ2n) is 5.95. The zero-order valence-corrected chi connectivity index (χ0v) is 13.9. The molecular weight excluding hydrogens is 335 g/mol. The molecule has 4 heterocycles. The van der Waals surface area contributed by atoms with Gasteiger partial charge in [-0.3, -0.25) is 4.57 Å². The number of nitrogen functional groups attached to an aromatic ring is 1. The van der Waals surface area contributed by atoms with Crippen molar-refractivity contribution in [1.82, 2.24) is 19.6 Å². The molecule has 4 rings (SSSR count). The lowest BCUT2D eigenvalue weighted by atomic mass is 9.85. The summed E-state index contributed by atoms with van der Waals surface area (Å²) in [5.74, 6) is -0.217. The number of anilines is 1. The molecule has 0 radical (unpaired) electrons. The van der Waals surface area contributed by atoms with Crippen molar-refractivity contribution in [3.05, 3.63) is 18.2 Å². The van der Waals surface area contributed by atoms with Crippen molar-refractivity contribution in [3.63, 3.8) is 0 Å². The van der Waals surface area contributed by atoms with Gasteiger partial charge in [0.05, 0.1) is 12.8 Å². The first-order valence-corrected chi connectivity index (χ1v) is 9.31. The van der Waals surface area contributed by atoms with E-state index in [1.54, 1.807) is 0 Å². The van der Waals surface area contributed by atoms with E-state index in [1.807, 2.05) is 6.92 Å². The number of ether oxygens (including phenoxy) is 1. The minimum Gasteiger partial charge on any atom is -0.381 e. The molecule has 5 atom stereocenters. The third-order valence-electron chi connectivity index (χ3n) is 4.50. The molecule has 10 nitrogen and oxygen atoms in total. The Labute approximate surface area is 137 Å². The molecule has 2 fully saturated rings. The molecular formula is C13H15N6O4P. The Bertz CT molecular complexity index is 909. The van der Waals surface area contributed by atoms with Crippen LogP contribution in [0.1, 0.15) is 12.6 Å². The molecule has 11 heteroatoms. The van der Waals surface area contributed by atoms with Gasteiger partial charge in [0.25, 0.3) is 0 Å². The van der Waals surface area contributed by atoms with Crippen LogP contribution in [0.5, 0.6) is 0 Å². The molecule has 2 aliphatic rings. The molecule has 2 aromatic heterocycles. The van der Waals surface area contributed by atoms with Gasteiger partial charge in [-0.05, 0) is 0 Å². The zero-order valence-electron chi connectivity index (χ0n) is 13.0. The van der Waals surface area contributed by atoms with E-state index in [1.165, 1.54) is 23.7 Å². The molecule has 5 unspecified atom stereocenters. The molecule has 0 aromatic carbocycles. The Morgan fingerprint density at radius 1 is 1.54 bits per heavy atom. The molecule has 2 aliphatic heterocycles. The lowest BCUT2D eigenvalue weighted by Crippen LogP contribution is -2.36. The molecule has 0 saturated carbocycles. The highest BCUT2D eigenvalue weighted by atomic mass is 31.2. The Morgan fingerprint density at radius 3 is 3.08 bits per heavy atom. The number of aromatic nitrogens is 4. The second-order valence-corrected chi connectivity index (χ2v) is 7.97. The fourth-order valence-corrected chi connectivity index (χ4v) is 4.52. The van der Waals surface area contributed by atoms with Crippen molar-refractivity contribution < 1.29 is 18.3 Å². The van der Waals surface area contributed by atoms with Crippen molar-refractivity contribution in [2.45, 2.75) is 24.7 Å². The van der Waals surface area contributed by atoms with Gasteiger partial charge in [-0.25, -0.2) is 14.5 Å². The van der Waals surface area contributed by atoms with Crippen LogP contribution in [0.25, 0.3) is 5.65 Å². The molecule has 0 aliphatic carbocycles. The Hall–Kier alpha value is -2.05. The third-order valence-corrected chi connectivity index (χ3v) is 5.75. The van der Waals surface area contributed by atoms with Gasteiger partial charge in [0.2, 0.25) is 5.60 Å². The third kappa shape index (κ3) is 1.99. The lowest BCUT2D eigenvalue weighted by molar-refractivity contribution is -0.0643.